The van der Waals surface area contributed by atoms with Gasteiger partial charge in [0.2, 0.25) is 0 Å². The van der Waals surface area contributed by atoms with Crippen LogP contribution in [0.4, 0.5) is 0 Å². The fourth-order valence-corrected chi connectivity index (χ4v) is 12.5. The lowest BCUT2D eigenvalue weighted by Gasteiger charge is -2.21. The Morgan fingerprint density at radius 3 is 0.747 bits per heavy atom. The van der Waals surface area contributed by atoms with Crippen LogP contribution in [0.1, 0.15) is 363 Å². The Labute approximate surface area is 556 Å². The molecule has 0 rings (SSSR count). The number of aliphatic hydroxyl groups is 1. The van der Waals surface area contributed by atoms with E-state index in [1.165, 1.54) is 161 Å². The normalized spacial score (nSPS) is 14.2. The van der Waals surface area contributed by atoms with Crippen LogP contribution in [0.3, 0.4) is 0 Å². The van der Waals surface area contributed by atoms with Gasteiger partial charge in [0.15, 0.2) is 12.2 Å². The summed E-state index contributed by atoms with van der Waals surface area (Å²) in [6.45, 7) is 11.8. The molecule has 0 aliphatic carbocycles. The second-order valence-electron chi connectivity index (χ2n) is 27.4. The molecular formula is C72H140O17P2. The highest BCUT2D eigenvalue weighted by atomic mass is 31.2. The average Bonchev–Trinajstić information content (AvgIpc) is 2.06. The molecule has 0 saturated heterocycles. The zero-order chi connectivity index (χ0) is 67.3. The summed E-state index contributed by atoms with van der Waals surface area (Å²) in [5, 5.41) is 10.6. The number of carbonyl (C=O) groups excluding carboxylic acids is 4. The third-order valence-corrected chi connectivity index (χ3v) is 18.5. The highest BCUT2D eigenvalue weighted by molar-refractivity contribution is 7.47. The summed E-state index contributed by atoms with van der Waals surface area (Å²) in [5.41, 5.74) is 0. The smallest absolute Gasteiger partial charge is 0.462 e. The molecule has 0 aromatic carbocycles. The summed E-state index contributed by atoms with van der Waals surface area (Å²) in [7, 11) is -9.90. The third kappa shape index (κ3) is 66.5. The predicted octanol–water partition coefficient (Wildman–Crippen LogP) is 20.6. The highest BCUT2D eigenvalue weighted by Crippen LogP contribution is 2.45. The van der Waals surface area contributed by atoms with Crippen molar-refractivity contribution in [1.29, 1.82) is 0 Å². The molecule has 0 aromatic rings. The lowest BCUT2D eigenvalue weighted by Crippen LogP contribution is -2.30. The van der Waals surface area contributed by atoms with Crippen molar-refractivity contribution in [2.24, 2.45) is 17.8 Å². The molecule has 0 saturated carbocycles. The molecule has 2 unspecified atom stereocenters. The van der Waals surface area contributed by atoms with Crippen molar-refractivity contribution in [1.82, 2.24) is 0 Å². The number of phosphoric acid groups is 2. The molecule has 19 heteroatoms. The molecule has 0 aliphatic rings. The monoisotopic (exact) mass is 1340 g/mol. The number of ether oxygens (including phenoxy) is 4. The van der Waals surface area contributed by atoms with Crippen molar-refractivity contribution in [2.75, 3.05) is 39.6 Å². The van der Waals surface area contributed by atoms with E-state index in [0.29, 0.717) is 25.7 Å². The van der Waals surface area contributed by atoms with Crippen molar-refractivity contribution in [3.05, 3.63) is 0 Å². The fourth-order valence-electron chi connectivity index (χ4n) is 10.9. The van der Waals surface area contributed by atoms with Gasteiger partial charge in [-0.25, -0.2) is 9.13 Å². The van der Waals surface area contributed by atoms with E-state index >= 15 is 0 Å². The Bertz CT molecular complexity index is 1780. The number of aliphatic hydroxyl groups excluding tert-OH is 1. The highest BCUT2D eigenvalue weighted by Gasteiger charge is 2.30. The minimum Gasteiger partial charge on any atom is -0.462 e. The van der Waals surface area contributed by atoms with Gasteiger partial charge in [-0.1, -0.05) is 312 Å². The van der Waals surface area contributed by atoms with Crippen molar-refractivity contribution < 1.29 is 80.2 Å². The van der Waals surface area contributed by atoms with E-state index in [1.54, 1.807) is 0 Å². The van der Waals surface area contributed by atoms with Crippen LogP contribution in [0.5, 0.6) is 0 Å². The van der Waals surface area contributed by atoms with Gasteiger partial charge in [-0.3, -0.25) is 37.3 Å². The standard InChI is InChI=1S/C72H140O17P2/c1-8-9-10-11-29-39-46-53-69(74)82-59-67(88-72(77)56-49-42-35-28-22-25-32-38-45-52-65(6)7)61-86-90(78,79)84-57-66(73)58-85-91(80,81)87-62-68(89-71(76)55-48-41-34-27-21-17-13-15-19-24-31-37-44-51-64(4)5)60-83-70(75)54-47-40-33-26-20-16-12-14-18-23-30-36-43-50-63(2)3/h63-68,73H,8-62H2,1-7H3,(H,78,79)(H,80,81)/t66-,67+,68+/m0/s1. The van der Waals surface area contributed by atoms with Gasteiger partial charge in [-0.05, 0) is 43.4 Å². The summed E-state index contributed by atoms with van der Waals surface area (Å²) in [4.78, 5) is 72.5. The number of hydrogen-bond donors (Lipinski definition) is 3. The minimum absolute atomic E-state index is 0.105. The number of phosphoric ester groups is 2. The second-order valence-corrected chi connectivity index (χ2v) is 30.3. The maximum atomic E-state index is 13.0. The third-order valence-electron chi connectivity index (χ3n) is 16.6. The van der Waals surface area contributed by atoms with Gasteiger partial charge in [0, 0.05) is 25.7 Å². The first kappa shape index (κ1) is 89.1. The molecule has 540 valence electrons. The van der Waals surface area contributed by atoms with Gasteiger partial charge in [-0.15, -0.1) is 0 Å². The van der Waals surface area contributed by atoms with Crippen molar-refractivity contribution >= 4 is 39.5 Å². The molecule has 0 bridgehead atoms. The lowest BCUT2D eigenvalue weighted by molar-refractivity contribution is -0.161. The van der Waals surface area contributed by atoms with Gasteiger partial charge in [0.25, 0.3) is 0 Å². The van der Waals surface area contributed by atoms with Crippen LogP contribution in [0.2, 0.25) is 0 Å². The van der Waals surface area contributed by atoms with Gasteiger partial charge < -0.3 is 33.8 Å². The van der Waals surface area contributed by atoms with Gasteiger partial charge >= 0.3 is 39.5 Å². The Kier molecular flexibility index (Phi) is 61.5. The molecule has 5 atom stereocenters. The number of hydrogen-bond acceptors (Lipinski definition) is 15. The first-order valence-electron chi connectivity index (χ1n) is 37.3. The Morgan fingerprint density at radius 1 is 0.297 bits per heavy atom. The van der Waals surface area contributed by atoms with Gasteiger partial charge in [0.1, 0.15) is 19.3 Å². The molecule has 0 amide bonds. The number of unbranched alkanes of at least 4 members (excludes halogenated alkanes) is 38. The molecular weight excluding hydrogens is 1200 g/mol. The van der Waals surface area contributed by atoms with Crippen LogP contribution in [-0.4, -0.2) is 96.7 Å². The summed E-state index contributed by atoms with van der Waals surface area (Å²) in [6.07, 6.45) is 47.3. The summed E-state index contributed by atoms with van der Waals surface area (Å²) < 4.78 is 68.3. The van der Waals surface area contributed by atoms with Crippen LogP contribution in [0.15, 0.2) is 0 Å². The van der Waals surface area contributed by atoms with E-state index in [2.05, 4.69) is 48.5 Å². The average molecular weight is 1340 g/mol. The molecule has 0 radical (unpaired) electrons. The molecule has 0 heterocycles. The van der Waals surface area contributed by atoms with Crippen LogP contribution >= 0.6 is 15.6 Å². The summed E-state index contributed by atoms with van der Waals surface area (Å²) >= 11 is 0. The molecule has 3 N–H and O–H groups in total. The Balaban J connectivity index is 5.21. The largest absolute Gasteiger partial charge is 0.472 e. The SMILES string of the molecule is CCCCCCCCCC(=O)OC[C@H](COP(=O)(O)OC[C@H](O)COP(=O)(O)OC[C@@H](COC(=O)CCCCCCCCCCCCCCCC(C)C)OC(=O)CCCCCCCCCCCCCCCC(C)C)OC(=O)CCCCCCCCCCCC(C)C. The van der Waals surface area contributed by atoms with Crippen LogP contribution in [0, 0.1) is 17.8 Å². The zero-order valence-electron chi connectivity index (χ0n) is 59.3. The fraction of sp³-hybridized carbons (Fsp3) is 0.944. The number of rotatable bonds is 70. The summed E-state index contributed by atoms with van der Waals surface area (Å²) in [6, 6.07) is 0. The van der Waals surface area contributed by atoms with E-state index in [4.69, 9.17) is 37.0 Å². The van der Waals surface area contributed by atoms with Crippen LogP contribution in [-0.2, 0) is 65.4 Å². The molecule has 0 aliphatic heterocycles. The van der Waals surface area contributed by atoms with Crippen molar-refractivity contribution in [3.8, 4) is 0 Å². The number of carbonyl (C=O) groups is 4. The van der Waals surface area contributed by atoms with E-state index in [0.717, 1.165) is 120 Å². The van der Waals surface area contributed by atoms with Crippen molar-refractivity contribution in [3.63, 3.8) is 0 Å². The Morgan fingerprint density at radius 2 is 0.505 bits per heavy atom. The van der Waals surface area contributed by atoms with E-state index in [-0.39, 0.29) is 25.7 Å². The lowest BCUT2D eigenvalue weighted by atomic mass is 10.0. The Hall–Kier alpha value is -1.94. The van der Waals surface area contributed by atoms with Gasteiger partial charge in [-0.2, -0.15) is 0 Å². The molecule has 0 aromatic heterocycles. The first-order chi connectivity index (χ1) is 43.7. The van der Waals surface area contributed by atoms with Crippen LogP contribution in [0.25, 0.3) is 0 Å². The first-order valence-corrected chi connectivity index (χ1v) is 40.3. The maximum Gasteiger partial charge on any atom is 0.472 e. The second kappa shape index (κ2) is 62.8. The van der Waals surface area contributed by atoms with E-state index in [1.807, 2.05) is 0 Å². The number of esters is 4. The van der Waals surface area contributed by atoms with Crippen LogP contribution < -0.4 is 0 Å². The van der Waals surface area contributed by atoms with E-state index < -0.39 is 97.5 Å². The molecule has 17 nitrogen and oxygen atoms in total. The maximum absolute atomic E-state index is 13.0. The topological polar surface area (TPSA) is 237 Å². The summed E-state index contributed by atoms with van der Waals surface area (Å²) in [5.74, 6) is 0.187. The zero-order valence-corrected chi connectivity index (χ0v) is 61.1. The van der Waals surface area contributed by atoms with E-state index in [9.17, 15) is 43.2 Å². The predicted molar refractivity (Wildman–Crippen MR) is 368 cm³/mol. The molecule has 91 heavy (non-hydrogen) atoms. The van der Waals surface area contributed by atoms with Gasteiger partial charge in [0.05, 0.1) is 26.4 Å². The quantitative estimate of drug-likeness (QED) is 0.0222. The minimum atomic E-state index is -4.95. The molecule has 0 spiro atoms. The van der Waals surface area contributed by atoms with Crippen molar-refractivity contribution in [2.45, 2.75) is 381 Å². The molecule has 0 fully saturated rings.